The Morgan fingerprint density at radius 1 is 1.25 bits per heavy atom. The number of thioether (sulfide) groups is 1. The van der Waals surface area contributed by atoms with Crippen molar-refractivity contribution in [3.63, 3.8) is 0 Å². The number of hydrogen-bond acceptors (Lipinski definition) is 5. The number of nitrogens with zero attached hydrogens (tertiary/aromatic N) is 2. The van der Waals surface area contributed by atoms with Crippen molar-refractivity contribution in [1.82, 2.24) is 5.01 Å². The van der Waals surface area contributed by atoms with E-state index in [1.807, 2.05) is 35.3 Å². The second-order valence-corrected chi connectivity index (χ2v) is 11.2. The fraction of sp³-hybridized carbons (Fsp3) is 0.640. The molecule has 2 bridgehead atoms. The van der Waals surface area contributed by atoms with Crippen LogP contribution >= 0.6 is 11.8 Å². The minimum atomic E-state index is -0.497. The predicted molar refractivity (Wildman–Crippen MR) is 126 cm³/mol. The summed E-state index contributed by atoms with van der Waals surface area (Å²) < 4.78 is 4.73. The molecule has 174 valence electrons. The van der Waals surface area contributed by atoms with Crippen LogP contribution in [0.5, 0.6) is 0 Å². The Hall–Kier alpha value is -2.02. The van der Waals surface area contributed by atoms with Crippen LogP contribution in [-0.4, -0.2) is 46.9 Å². The Bertz CT molecular complexity index is 889. The van der Waals surface area contributed by atoms with Crippen molar-refractivity contribution < 1.29 is 19.1 Å². The number of methoxy groups -OCH3 is 1. The van der Waals surface area contributed by atoms with Crippen molar-refractivity contribution in [1.29, 1.82) is 0 Å². The Kier molecular flexibility index (Phi) is 6.31. The van der Waals surface area contributed by atoms with Crippen LogP contribution in [0.2, 0.25) is 0 Å². The van der Waals surface area contributed by atoms with E-state index in [1.54, 1.807) is 16.8 Å². The van der Waals surface area contributed by atoms with Crippen LogP contribution in [0.3, 0.4) is 0 Å². The Labute approximate surface area is 195 Å². The van der Waals surface area contributed by atoms with E-state index < -0.39 is 5.41 Å². The molecular weight excluding hydrogens is 424 g/mol. The molecule has 1 aromatic rings. The fourth-order valence-corrected chi connectivity index (χ4v) is 7.42. The largest absolute Gasteiger partial charge is 0.469 e. The maximum absolute atomic E-state index is 14.0. The summed E-state index contributed by atoms with van der Waals surface area (Å²) in [6.07, 6.45) is 4.32. The first kappa shape index (κ1) is 23.1. The summed E-state index contributed by atoms with van der Waals surface area (Å²) in [6, 6.07) is 9.51. The molecule has 1 aliphatic heterocycles. The second kappa shape index (κ2) is 8.73. The monoisotopic (exact) mass is 458 g/mol. The first-order valence-electron chi connectivity index (χ1n) is 11.7. The molecule has 32 heavy (non-hydrogen) atoms. The maximum atomic E-state index is 14.0. The highest BCUT2D eigenvalue weighted by Crippen LogP contribution is 2.70. The highest BCUT2D eigenvalue weighted by molar-refractivity contribution is 7.99. The third-order valence-corrected chi connectivity index (χ3v) is 9.63. The summed E-state index contributed by atoms with van der Waals surface area (Å²) in [5, 5.41) is 3.59. The molecule has 4 atom stereocenters. The molecular formula is C25H34N2O4S. The number of benzene rings is 1. The first-order valence-corrected chi connectivity index (χ1v) is 12.7. The highest BCUT2D eigenvalue weighted by Gasteiger charge is 2.75. The minimum absolute atomic E-state index is 0.00449. The van der Waals surface area contributed by atoms with Gasteiger partial charge in [-0.25, -0.2) is 10.0 Å². The van der Waals surface area contributed by atoms with Crippen LogP contribution in [0.25, 0.3) is 0 Å². The van der Waals surface area contributed by atoms with Crippen molar-refractivity contribution in [3.05, 3.63) is 30.3 Å². The van der Waals surface area contributed by atoms with E-state index in [4.69, 9.17) is 4.74 Å². The van der Waals surface area contributed by atoms with Crippen molar-refractivity contribution in [2.24, 2.45) is 16.7 Å². The molecule has 1 heterocycles. The summed E-state index contributed by atoms with van der Waals surface area (Å²) in [7, 11) is 1.39. The average molecular weight is 459 g/mol. The van der Waals surface area contributed by atoms with Crippen molar-refractivity contribution in [3.8, 4) is 0 Å². The quantitative estimate of drug-likeness (QED) is 0.539. The van der Waals surface area contributed by atoms with Crippen molar-refractivity contribution in [2.45, 2.75) is 70.6 Å². The lowest BCUT2D eigenvalue weighted by atomic mass is 9.67. The highest BCUT2D eigenvalue weighted by atomic mass is 32.2. The van der Waals surface area contributed by atoms with E-state index in [0.29, 0.717) is 24.5 Å². The summed E-state index contributed by atoms with van der Waals surface area (Å²) >= 11 is 1.64. The lowest BCUT2D eigenvalue weighted by molar-refractivity contribution is -0.140. The molecule has 1 saturated heterocycles. The maximum Gasteiger partial charge on any atom is 0.306 e. The third kappa shape index (κ3) is 3.44. The van der Waals surface area contributed by atoms with Crippen LogP contribution in [0.1, 0.15) is 59.3 Å². The number of para-hydroxylation sites is 1. The number of anilines is 1. The molecule has 3 aliphatic rings. The molecule has 0 aromatic heterocycles. The number of amides is 2. The van der Waals surface area contributed by atoms with Gasteiger partial charge < -0.3 is 4.74 Å². The number of ether oxygens (including phenoxy) is 1. The van der Waals surface area contributed by atoms with Gasteiger partial charge in [0.25, 0.3) is 5.91 Å². The van der Waals surface area contributed by atoms with Gasteiger partial charge >= 0.3 is 5.97 Å². The van der Waals surface area contributed by atoms with E-state index in [-0.39, 0.29) is 34.5 Å². The van der Waals surface area contributed by atoms with Gasteiger partial charge in [0.05, 0.1) is 30.7 Å². The third-order valence-electron chi connectivity index (χ3n) is 8.22. The normalized spacial score (nSPS) is 28.7. The molecule has 2 aliphatic carbocycles. The van der Waals surface area contributed by atoms with Crippen LogP contribution < -0.4 is 5.01 Å². The van der Waals surface area contributed by atoms with E-state index in [9.17, 15) is 14.4 Å². The van der Waals surface area contributed by atoms with Crippen molar-refractivity contribution >= 4 is 35.2 Å². The fourth-order valence-electron chi connectivity index (χ4n) is 6.30. The van der Waals surface area contributed by atoms with Crippen molar-refractivity contribution in [2.75, 3.05) is 17.9 Å². The molecule has 3 fully saturated rings. The predicted octanol–water partition coefficient (Wildman–Crippen LogP) is 4.44. The second-order valence-electron chi connectivity index (χ2n) is 9.80. The number of carbonyl (C=O) groups excluding carboxylic acids is 3. The summed E-state index contributed by atoms with van der Waals surface area (Å²) in [5.74, 6) is 0.956. The Morgan fingerprint density at radius 3 is 2.59 bits per heavy atom. The average Bonchev–Trinajstić information content (AvgIpc) is 3.31. The van der Waals surface area contributed by atoms with Crippen LogP contribution in [0, 0.1) is 16.7 Å². The topological polar surface area (TPSA) is 66.9 Å². The van der Waals surface area contributed by atoms with E-state index in [0.717, 1.165) is 31.4 Å². The zero-order chi connectivity index (χ0) is 23.1. The smallest absolute Gasteiger partial charge is 0.306 e. The molecule has 0 unspecified atom stereocenters. The van der Waals surface area contributed by atoms with Gasteiger partial charge in [0.15, 0.2) is 0 Å². The molecule has 1 spiro atoms. The Balaban J connectivity index is 1.60. The molecule has 0 radical (unpaired) electrons. The van der Waals surface area contributed by atoms with Gasteiger partial charge in [-0.2, -0.15) is 11.8 Å². The summed E-state index contributed by atoms with van der Waals surface area (Å²) in [6.45, 7) is 6.50. The van der Waals surface area contributed by atoms with Crippen LogP contribution in [-0.2, 0) is 19.1 Å². The summed E-state index contributed by atoms with van der Waals surface area (Å²) in [5.41, 5.74) is 0.152. The number of esters is 1. The van der Waals surface area contributed by atoms with Gasteiger partial charge in [-0.05, 0) is 49.1 Å². The van der Waals surface area contributed by atoms with Gasteiger partial charge in [-0.1, -0.05) is 39.0 Å². The van der Waals surface area contributed by atoms with Gasteiger partial charge in [0, 0.05) is 17.4 Å². The molecule has 2 amide bonds. The standard InChI is InChI=1S/C25H34N2O4S/c1-5-19(32-14-12-22(29)31-4)16-21(28)27-20-15-17-11-13-25(20,24(17,2)3)23(30)26(27)18-9-7-6-8-10-18/h6-10,17,19-20H,5,11-16H2,1-4H3/t17-,19-,20-,25+/m1/s1. The van der Waals surface area contributed by atoms with E-state index in [2.05, 4.69) is 20.8 Å². The molecule has 7 heteroatoms. The molecule has 2 saturated carbocycles. The molecule has 1 aromatic carbocycles. The zero-order valence-corrected chi connectivity index (χ0v) is 20.3. The summed E-state index contributed by atoms with van der Waals surface area (Å²) in [4.78, 5) is 39.2. The number of hydrogen-bond donors (Lipinski definition) is 0. The SMILES string of the molecule is CC[C@H](CC(=O)N1[C@@H]2C[C@H]3CC[C@]2(C(=O)N1c1ccccc1)C3(C)C)SCCC(=O)OC. The van der Waals surface area contributed by atoms with Gasteiger partial charge in [0.1, 0.15) is 0 Å². The molecule has 0 N–H and O–H groups in total. The van der Waals surface area contributed by atoms with Crippen LogP contribution in [0.4, 0.5) is 5.69 Å². The number of carbonyl (C=O) groups is 3. The lowest BCUT2D eigenvalue weighted by Crippen LogP contribution is -2.48. The number of rotatable bonds is 8. The number of fused-ring (bicyclic) bond motifs is 1. The van der Waals surface area contributed by atoms with E-state index >= 15 is 0 Å². The van der Waals surface area contributed by atoms with Gasteiger partial charge in [-0.15, -0.1) is 0 Å². The molecule has 4 rings (SSSR count). The zero-order valence-electron chi connectivity index (χ0n) is 19.5. The first-order chi connectivity index (χ1) is 15.3. The molecule has 6 nitrogen and oxygen atoms in total. The lowest BCUT2D eigenvalue weighted by Gasteiger charge is -2.35. The van der Waals surface area contributed by atoms with Crippen LogP contribution in [0.15, 0.2) is 30.3 Å². The Morgan fingerprint density at radius 2 is 1.97 bits per heavy atom. The van der Waals surface area contributed by atoms with Gasteiger partial charge in [0.2, 0.25) is 5.91 Å². The number of hydrazine groups is 1. The van der Waals surface area contributed by atoms with E-state index in [1.165, 1.54) is 7.11 Å². The van der Waals surface area contributed by atoms with Gasteiger partial charge in [-0.3, -0.25) is 14.4 Å². The minimum Gasteiger partial charge on any atom is -0.469 e.